The molecular weight excluding hydrogens is 342 g/mol. The highest BCUT2D eigenvalue weighted by molar-refractivity contribution is 7.46. The molecule has 15 heteroatoms. The molecule has 0 heterocycles. The highest BCUT2D eigenvalue weighted by atomic mass is 31.2. The second-order valence-corrected chi connectivity index (χ2v) is 5.25. The first-order chi connectivity index (χ1) is 9.10. The average molecular weight is 358 g/mol. The molecule has 0 aliphatic carbocycles. The van der Waals surface area contributed by atoms with Crippen LogP contribution in [0.25, 0.3) is 0 Å². The van der Waals surface area contributed by atoms with E-state index in [0.717, 1.165) is 6.92 Å². The van der Waals surface area contributed by atoms with Crippen LogP contribution in [0.2, 0.25) is 0 Å². The lowest BCUT2D eigenvalue weighted by Crippen LogP contribution is -2.15. The molecule has 0 fully saturated rings. The summed E-state index contributed by atoms with van der Waals surface area (Å²) < 4.78 is 22.5. The molecule has 0 bridgehead atoms. The van der Waals surface area contributed by atoms with Crippen LogP contribution in [0.5, 0.6) is 0 Å². The number of carbonyl (C=O) groups is 2. The zero-order valence-corrected chi connectivity index (χ0v) is 12.2. The lowest BCUT2D eigenvalue weighted by Gasteiger charge is -2.04. The van der Waals surface area contributed by atoms with Crippen LogP contribution in [0.4, 0.5) is 0 Å². The molecule has 0 unspecified atom stereocenters. The number of aliphatic hydroxyl groups excluding tert-OH is 2. The SMILES string of the molecule is CC(=O)C(O)O.O=C[C@H](O)COP(=O)(O)O.O=P(O)(O)O. The zero-order chi connectivity index (χ0) is 17.9. The van der Waals surface area contributed by atoms with E-state index in [0.29, 0.717) is 0 Å². The lowest BCUT2D eigenvalue weighted by atomic mass is 10.4. The van der Waals surface area contributed by atoms with Gasteiger partial charge in [0.15, 0.2) is 12.1 Å². The van der Waals surface area contributed by atoms with Gasteiger partial charge in [0.05, 0.1) is 6.61 Å². The van der Waals surface area contributed by atoms with Gasteiger partial charge in [-0.3, -0.25) is 9.32 Å². The third-order valence-electron chi connectivity index (χ3n) is 0.934. The van der Waals surface area contributed by atoms with Gasteiger partial charge in [-0.05, 0) is 6.92 Å². The molecule has 13 nitrogen and oxygen atoms in total. The van der Waals surface area contributed by atoms with Crippen molar-refractivity contribution in [3.05, 3.63) is 0 Å². The number of hydrogen-bond acceptors (Lipinski definition) is 8. The maximum atomic E-state index is 9.90. The lowest BCUT2D eigenvalue weighted by molar-refractivity contribution is -0.142. The number of aliphatic hydroxyl groups is 3. The largest absolute Gasteiger partial charge is 0.469 e. The molecule has 0 spiro atoms. The van der Waals surface area contributed by atoms with Crippen molar-refractivity contribution in [2.45, 2.75) is 19.3 Å². The van der Waals surface area contributed by atoms with Crippen molar-refractivity contribution < 1.29 is 63.0 Å². The molecule has 0 aromatic heterocycles. The van der Waals surface area contributed by atoms with E-state index in [2.05, 4.69) is 4.52 Å². The van der Waals surface area contributed by atoms with Gasteiger partial charge in [-0.2, -0.15) is 0 Å². The summed E-state index contributed by atoms with van der Waals surface area (Å²) in [4.78, 5) is 56.9. The zero-order valence-electron chi connectivity index (χ0n) is 10.5. The molecule has 0 amide bonds. The van der Waals surface area contributed by atoms with Gasteiger partial charge in [0.2, 0.25) is 6.29 Å². The maximum Gasteiger partial charge on any atom is 0.469 e. The molecule has 0 aromatic rings. The fraction of sp³-hybridized carbons (Fsp3) is 0.667. The Morgan fingerprint density at radius 1 is 1.10 bits per heavy atom. The Balaban J connectivity index is -0.000000252. The fourth-order valence-corrected chi connectivity index (χ4v) is 0.560. The number of rotatable bonds is 5. The molecule has 8 N–H and O–H groups in total. The normalized spacial score (nSPS) is 12.5. The first-order valence-corrected chi connectivity index (χ1v) is 7.68. The molecule has 0 rings (SSSR count). The molecule has 1 atom stereocenters. The van der Waals surface area contributed by atoms with E-state index in [1.165, 1.54) is 0 Å². The molecule has 0 saturated carbocycles. The van der Waals surface area contributed by atoms with Crippen LogP contribution < -0.4 is 0 Å². The van der Waals surface area contributed by atoms with Crippen LogP contribution in [-0.2, 0) is 23.2 Å². The van der Waals surface area contributed by atoms with Crippen molar-refractivity contribution >= 4 is 27.7 Å². The van der Waals surface area contributed by atoms with Crippen molar-refractivity contribution in [3.63, 3.8) is 0 Å². The average Bonchev–Trinajstić information content (AvgIpc) is 2.23. The van der Waals surface area contributed by atoms with Gasteiger partial charge in [0.1, 0.15) is 6.10 Å². The predicted octanol–water partition coefficient (Wildman–Crippen LogP) is -3.39. The van der Waals surface area contributed by atoms with Gasteiger partial charge in [0, 0.05) is 0 Å². The highest BCUT2D eigenvalue weighted by Gasteiger charge is 2.15. The molecule has 0 aliphatic heterocycles. The third-order valence-corrected chi connectivity index (χ3v) is 1.42. The van der Waals surface area contributed by atoms with Crippen LogP contribution in [0.15, 0.2) is 0 Å². The minimum absolute atomic E-state index is 0.121. The van der Waals surface area contributed by atoms with Gasteiger partial charge >= 0.3 is 15.6 Å². The van der Waals surface area contributed by atoms with E-state index in [1.54, 1.807) is 0 Å². The van der Waals surface area contributed by atoms with Gasteiger partial charge in [-0.25, -0.2) is 9.13 Å². The molecule has 0 aliphatic rings. The highest BCUT2D eigenvalue weighted by Crippen LogP contribution is 2.35. The Labute approximate surface area is 117 Å². The predicted molar refractivity (Wildman–Crippen MR) is 63.2 cm³/mol. The van der Waals surface area contributed by atoms with Crippen LogP contribution in [0.1, 0.15) is 6.92 Å². The summed E-state index contributed by atoms with van der Waals surface area (Å²) in [6.07, 6.45) is -3.15. The van der Waals surface area contributed by atoms with Gasteiger partial charge in [-0.15, -0.1) is 0 Å². The second kappa shape index (κ2) is 12.0. The number of phosphoric ester groups is 1. The minimum Gasteiger partial charge on any atom is -0.383 e. The quantitative estimate of drug-likeness (QED) is 0.136. The van der Waals surface area contributed by atoms with E-state index in [9.17, 15) is 14.2 Å². The monoisotopic (exact) mass is 358 g/mol. The summed E-state index contributed by atoms with van der Waals surface area (Å²) in [5.74, 6) is -0.630. The number of phosphoric acid groups is 2. The first kappa shape index (κ1) is 25.4. The van der Waals surface area contributed by atoms with E-state index < -0.39 is 40.4 Å². The van der Waals surface area contributed by atoms with Crippen molar-refractivity contribution in [1.29, 1.82) is 0 Å². The molecule has 0 saturated heterocycles. The van der Waals surface area contributed by atoms with Crippen LogP contribution in [-0.4, -0.2) is 70.9 Å². The van der Waals surface area contributed by atoms with Crippen LogP contribution >= 0.6 is 15.6 Å². The summed E-state index contributed by atoms with van der Waals surface area (Å²) in [6, 6.07) is 0. The number of hydrogen-bond donors (Lipinski definition) is 8. The summed E-state index contributed by atoms with van der Waals surface area (Å²) in [5, 5.41) is 24.1. The van der Waals surface area contributed by atoms with Crippen molar-refractivity contribution in [1.82, 2.24) is 0 Å². The molecule has 21 heavy (non-hydrogen) atoms. The maximum absolute atomic E-state index is 9.90. The topological polar surface area (TPSA) is 239 Å². The third kappa shape index (κ3) is 45.2. The second-order valence-electron chi connectivity index (χ2n) is 2.99. The van der Waals surface area contributed by atoms with Crippen molar-refractivity contribution in [2.24, 2.45) is 0 Å². The van der Waals surface area contributed by atoms with E-state index in [1.807, 2.05) is 0 Å². The molecular formula is C6H16O13P2. The summed E-state index contributed by atoms with van der Waals surface area (Å²) in [6.45, 7) is 0.415. The van der Waals surface area contributed by atoms with Crippen molar-refractivity contribution in [3.8, 4) is 0 Å². The standard InChI is InChI=1S/C3H7O6P.C3H6O3.H3O4P/c4-1-3(5)2-9-10(6,7)8;1-2(4)3(5)6;1-5(2,3)4/h1,3,5H,2H2,(H2,6,7,8);3,5-6H,1H3;(H3,1,2,3,4)/t3-;;/m0../s1. The summed E-state index contributed by atoms with van der Waals surface area (Å²) in [7, 11) is -9.19. The molecule has 0 aromatic carbocycles. The Morgan fingerprint density at radius 2 is 1.38 bits per heavy atom. The number of Topliss-reactive ketones (excluding diaryl/α,β-unsaturated/α-hetero) is 1. The van der Waals surface area contributed by atoms with Gasteiger partial charge < -0.3 is 44.6 Å². The van der Waals surface area contributed by atoms with Crippen LogP contribution in [0, 0.1) is 0 Å². The minimum atomic E-state index is -4.64. The van der Waals surface area contributed by atoms with Gasteiger partial charge in [0.25, 0.3) is 0 Å². The van der Waals surface area contributed by atoms with Gasteiger partial charge in [-0.1, -0.05) is 0 Å². The molecule has 0 radical (unpaired) electrons. The van der Waals surface area contributed by atoms with Crippen LogP contribution in [0.3, 0.4) is 0 Å². The fourth-order valence-electron chi connectivity index (χ4n) is 0.213. The summed E-state index contributed by atoms with van der Waals surface area (Å²) >= 11 is 0. The van der Waals surface area contributed by atoms with Crippen molar-refractivity contribution in [2.75, 3.05) is 6.61 Å². The Kier molecular flexibility index (Phi) is 14.6. The smallest absolute Gasteiger partial charge is 0.383 e. The Hall–Kier alpha value is -0.560. The number of ketones is 1. The van der Waals surface area contributed by atoms with E-state index in [-0.39, 0.29) is 6.29 Å². The van der Waals surface area contributed by atoms with E-state index >= 15 is 0 Å². The Bertz CT molecular complexity index is 372. The Morgan fingerprint density at radius 3 is 1.52 bits per heavy atom. The number of carbonyl (C=O) groups excluding carboxylic acids is 2. The molecule has 128 valence electrons. The first-order valence-electron chi connectivity index (χ1n) is 4.58. The number of aldehydes is 1. The van der Waals surface area contributed by atoms with E-state index in [4.69, 9.17) is 44.4 Å². The summed E-state index contributed by atoms with van der Waals surface area (Å²) in [5.41, 5.74) is 0.